The summed E-state index contributed by atoms with van der Waals surface area (Å²) >= 11 is 0. The highest BCUT2D eigenvalue weighted by atomic mass is 16.6. The fourth-order valence-electron chi connectivity index (χ4n) is 7.99. The lowest BCUT2D eigenvalue weighted by Gasteiger charge is -2.39. The van der Waals surface area contributed by atoms with E-state index >= 15 is 0 Å². The standard InChI is InChI=1S/C40H56O4/c1-29(17-13-19-31(3)21-23-39-35(5,6)25-33(41)27-37(39,9)43-39)15-11-12-16-30(2)18-14-20-32(4)22-24-40-36(7,8)26-34(42)28-38(40,10)44-40/h11-24,33-34,41-42H,25-28H2,1-10H3/b12-11+,17-13+,18-14+,23-21+,24-22+,29-15+,30-16+,31-19+,32-20+/t33-,34-,37-,38-,39+,40+/m0/s1. The number of aliphatic hydroxyl groups excluding tert-OH is 2. The van der Waals surface area contributed by atoms with Crippen molar-refractivity contribution < 1.29 is 19.7 Å². The van der Waals surface area contributed by atoms with E-state index in [0.717, 1.165) is 12.8 Å². The van der Waals surface area contributed by atoms with Crippen LogP contribution in [0.25, 0.3) is 0 Å². The number of epoxide rings is 2. The summed E-state index contributed by atoms with van der Waals surface area (Å²) in [5.74, 6) is 0. The second-order valence-corrected chi connectivity index (χ2v) is 15.4. The molecule has 0 aromatic rings. The van der Waals surface area contributed by atoms with E-state index in [-0.39, 0.29) is 45.4 Å². The number of allylic oxidation sites excluding steroid dienone is 16. The lowest BCUT2D eigenvalue weighted by Crippen LogP contribution is -2.46. The SMILES string of the molecule is CC(/C=C/C=C(C)/C=C/[C@]12O[C@@]1(C)C[C@@H](O)CC2(C)C)=C\C=C\C=C(C)\C=C\C=C(C)\C=C\[C@]12O[C@@]1(C)C[C@@H](O)CC2(C)C. The van der Waals surface area contributed by atoms with E-state index in [1.165, 1.54) is 22.3 Å². The van der Waals surface area contributed by atoms with Gasteiger partial charge in [0.1, 0.15) is 22.4 Å². The van der Waals surface area contributed by atoms with E-state index in [2.05, 4.69) is 154 Å². The molecule has 0 bridgehead atoms. The Labute approximate surface area is 267 Å². The van der Waals surface area contributed by atoms with Crippen molar-refractivity contribution in [2.24, 2.45) is 10.8 Å². The first-order valence-electron chi connectivity index (χ1n) is 16.3. The predicted molar refractivity (Wildman–Crippen MR) is 183 cm³/mol. The molecule has 2 N–H and O–H groups in total. The average Bonchev–Trinajstić information content (AvgIpc) is 3.73. The van der Waals surface area contributed by atoms with Gasteiger partial charge in [0.2, 0.25) is 0 Å². The number of ether oxygens (including phenoxy) is 2. The van der Waals surface area contributed by atoms with Crippen LogP contribution in [-0.4, -0.2) is 44.8 Å². The predicted octanol–water partition coefficient (Wildman–Crippen LogP) is 8.97. The maximum atomic E-state index is 10.3. The maximum absolute atomic E-state index is 10.3. The fraction of sp³-hybridized carbons (Fsp3) is 0.550. The smallest absolute Gasteiger partial charge is 0.121 e. The molecule has 0 amide bonds. The van der Waals surface area contributed by atoms with Crippen molar-refractivity contribution in [2.75, 3.05) is 0 Å². The summed E-state index contributed by atoms with van der Waals surface area (Å²) < 4.78 is 12.5. The quantitative estimate of drug-likeness (QED) is 0.194. The summed E-state index contributed by atoms with van der Waals surface area (Å²) in [6, 6.07) is 0. The van der Waals surface area contributed by atoms with Crippen LogP contribution in [0.5, 0.6) is 0 Å². The highest BCUT2D eigenvalue weighted by molar-refractivity contribution is 5.38. The van der Waals surface area contributed by atoms with E-state index in [4.69, 9.17) is 9.47 Å². The molecule has 2 saturated heterocycles. The largest absolute Gasteiger partial charge is 0.393 e. The lowest BCUT2D eigenvalue weighted by atomic mass is 9.63. The van der Waals surface area contributed by atoms with Crippen LogP contribution in [0.3, 0.4) is 0 Å². The molecule has 4 aliphatic rings. The molecule has 2 aliphatic heterocycles. The summed E-state index contributed by atoms with van der Waals surface area (Å²) in [6.45, 7) is 21.4. The number of fused-ring (bicyclic) bond motifs is 2. The summed E-state index contributed by atoms with van der Waals surface area (Å²) in [4.78, 5) is 0. The molecule has 4 heteroatoms. The van der Waals surface area contributed by atoms with Crippen molar-refractivity contribution in [3.05, 3.63) is 107 Å². The number of aliphatic hydroxyl groups is 2. The van der Waals surface area contributed by atoms with Gasteiger partial charge in [0.15, 0.2) is 0 Å². The van der Waals surface area contributed by atoms with Crippen LogP contribution in [-0.2, 0) is 9.47 Å². The Morgan fingerprint density at radius 3 is 1.16 bits per heavy atom. The van der Waals surface area contributed by atoms with Gasteiger partial charge in [0.05, 0.1) is 12.2 Å². The maximum Gasteiger partial charge on any atom is 0.121 e. The zero-order chi connectivity index (χ0) is 32.6. The van der Waals surface area contributed by atoms with Crippen LogP contribution < -0.4 is 0 Å². The minimum atomic E-state index is -0.294. The summed E-state index contributed by atoms with van der Waals surface area (Å²) in [6.07, 6.45) is 32.0. The molecule has 0 aromatic carbocycles. The molecule has 0 spiro atoms. The van der Waals surface area contributed by atoms with Crippen molar-refractivity contribution >= 4 is 0 Å². The van der Waals surface area contributed by atoms with Crippen molar-refractivity contribution in [1.82, 2.24) is 0 Å². The van der Waals surface area contributed by atoms with Crippen LogP contribution in [0.1, 0.15) is 94.9 Å². The summed E-state index contributed by atoms with van der Waals surface area (Å²) in [7, 11) is 0. The topological polar surface area (TPSA) is 65.5 Å². The van der Waals surface area contributed by atoms with Crippen molar-refractivity contribution in [3.8, 4) is 0 Å². The first kappa shape index (κ1) is 34.4. The van der Waals surface area contributed by atoms with Gasteiger partial charge in [-0.2, -0.15) is 0 Å². The third-order valence-electron chi connectivity index (χ3n) is 10.4. The minimum Gasteiger partial charge on any atom is -0.393 e. The van der Waals surface area contributed by atoms with Gasteiger partial charge in [0.25, 0.3) is 0 Å². The number of hydrogen-bond donors (Lipinski definition) is 2. The molecule has 2 aliphatic carbocycles. The lowest BCUT2D eigenvalue weighted by molar-refractivity contribution is 0.0510. The Balaban J connectivity index is 1.25. The van der Waals surface area contributed by atoms with Gasteiger partial charge < -0.3 is 19.7 Å². The molecule has 2 saturated carbocycles. The average molecular weight is 601 g/mol. The van der Waals surface area contributed by atoms with Gasteiger partial charge in [-0.3, -0.25) is 0 Å². The van der Waals surface area contributed by atoms with Crippen LogP contribution >= 0.6 is 0 Å². The highest BCUT2D eigenvalue weighted by Gasteiger charge is 2.75. The molecule has 0 radical (unpaired) electrons. The van der Waals surface area contributed by atoms with Gasteiger partial charge in [-0.1, -0.05) is 123 Å². The van der Waals surface area contributed by atoms with Gasteiger partial charge >= 0.3 is 0 Å². The zero-order valence-electron chi connectivity index (χ0n) is 28.8. The molecule has 0 unspecified atom stereocenters. The van der Waals surface area contributed by atoms with Gasteiger partial charge in [-0.15, -0.1) is 0 Å². The second-order valence-electron chi connectivity index (χ2n) is 15.4. The Morgan fingerprint density at radius 2 is 0.818 bits per heavy atom. The van der Waals surface area contributed by atoms with Gasteiger partial charge in [0, 0.05) is 23.7 Å². The molecule has 240 valence electrons. The Hall–Kier alpha value is -2.50. The van der Waals surface area contributed by atoms with Gasteiger partial charge in [-0.25, -0.2) is 0 Å². The Morgan fingerprint density at radius 1 is 0.500 bits per heavy atom. The van der Waals surface area contributed by atoms with E-state index in [0.29, 0.717) is 12.8 Å². The molecular weight excluding hydrogens is 544 g/mol. The van der Waals surface area contributed by atoms with Crippen molar-refractivity contribution in [2.45, 2.75) is 130 Å². The summed E-state index contributed by atoms with van der Waals surface area (Å²) in [5.41, 5.74) is 3.36. The molecule has 2 heterocycles. The Bertz CT molecular complexity index is 1270. The molecule has 4 nitrogen and oxygen atoms in total. The number of hydrogen-bond acceptors (Lipinski definition) is 4. The normalized spacial score (nSPS) is 39.2. The summed E-state index contributed by atoms with van der Waals surface area (Å²) in [5, 5.41) is 20.5. The number of rotatable bonds is 10. The van der Waals surface area contributed by atoms with Crippen LogP contribution in [0.4, 0.5) is 0 Å². The first-order valence-corrected chi connectivity index (χ1v) is 16.3. The van der Waals surface area contributed by atoms with E-state index in [1.807, 2.05) is 0 Å². The molecular formula is C40H56O4. The van der Waals surface area contributed by atoms with E-state index < -0.39 is 0 Å². The first-order chi connectivity index (χ1) is 20.4. The zero-order valence-corrected chi connectivity index (χ0v) is 28.8. The van der Waals surface area contributed by atoms with Crippen LogP contribution in [0, 0.1) is 10.8 Å². The monoisotopic (exact) mass is 600 g/mol. The van der Waals surface area contributed by atoms with E-state index in [9.17, 15) is 10.2 Å². The van der Waals surface area contributed by atoms with Crippen molar-refractivity contribution in [3.63, 3.8) is 0 Å². The molecule has 6 atom stereocenters. The van der Waals surface area contributed by atoms with Crippen LogP contribution in [0.15, 0.2) is 107 Å². The molecule has 0 aromatic heterocycles. The fourth-order valence-corrected chi connectivity index (χ4v) is 7.99. The van der Waals surface area contributed by atoms with Crippen LogP contribution in [0.2, 0.25) is 0 Å². The van der Waals surface area contributed by atoms with E-state index in [1.54, 1.807) is 0 Å². The van der Waals surface area contributed by atoms with Gasteiger partial charge in [-0.05, 0) is 66.5 Å². The third-order valence-corrected chi connectivity index (χ3v) is 10.4. The third kappa shape index (κ3) is 6.84. The molecule has 4 rings (SSSR count). The second kappa shape index (κ2) is 12.4. The molecule has 44 heavy (non-hydrogen) atoms. The highest BCUT2D eigenvalue weighted by Crippen LogP contribution is 2.67. The molecule has 4 fully saturated rings. The van der Waals surface area contributed by atoms with Crippen molar-refractivity contribution in [1.29, 1.82) is 0 Å². The minimum absolute atomic E-state index is 0.0969. The Kier molecular flexibility index (Phi) is 9.66.